The van der Waals surface area contributed by atoms with Crippen LogP contribution in [0.3, 0.4) is 0 Å². The van der Waals surface area contributed by atoms with Gasteiger partial charge < -0.3 is 14.9 Å². The van der Waals surface area contributed by atoms with E-state index in [0.717, 1.165) is 6.42 Å². The molecule has 88 valence electrons. The first-order valence-electron chi connectivity index (χ1n) is 5.35. The van der Waals surface area contributed by atoms with E-state index >= 15 is 0 Å². The molecule has 0 aromatic rings. The number of rotatable bonds is 7. The molecule has 1 rings (SSSR count). The third-order valence-corrected chi connectivity index (χ3v) is 2.81. The van der Waals surface area contributed by atoms with E-state index in [0.29, 0.717) is 19.4 Å². The van der Waals surface area contributed by atoms with Gasteiger partial charge in [-0.1, -0.05) is 0 Å². The molecular formula is C10H19NO4. The molecule has 0 aromatic carbocycles. The van der Waals surface area contributed by atoms with Gasteiger partial charge in [0.25, 0.3) is 0 Å². The van der Waals surface area contributed by atoms with Gasteiger partial charge in [-0.25, -0.2) is 0 Å². The van der Waals surface area contributed by atoms with Crippen molar-refractivity contribution in [2.24, 2.45) is 0 Å². The summed E-state index contributed by atoms with van der Waals surface area (Å²) in [5, 5.41) is 21.4. The van der Waals surface area contributed by atoms with Crippen LogP contribution in [0.4, 0.5) is 0 Å². The van der Waals surface area contributed by atoms with Crippen molar-refractivity contribution in [3.05, 3.63) is 0 Å². The second-order valence-corrected chi connectivity index (χ2v) is 3.94. The number of β-amino-alcohol motifs (C(OH)–C–C–N with tert-alkyl or cyclic N) is 1. The molecular weight excluding hydrogens is 198 g/mol. The number of hydrogen-bond acceptors (Lipinski definition) is 4. The quantitative estimate of drug-likeness (QED) is 0.558. The number of nitrogens with one attached hydrogen (secondary N) is 1. The topological polar surface area (TPSA) is 78.8 Å². The van der Waals surface area contributed by atoms with E-state index in [4.69, 9.17) is 9.84 Å². The van der Waals surface area contributed by atoms with Crippen molar-refractivity contribution < 1.29 is 19.7 Å². The molecule has 5 heteroatoms. The molecule has 0 aromatic heterocycles. The molecule has 0 spiro atoms. The minimum atomic E-state index is -0.822. The van der Waals surface area contributed by atoms with Gasteiger partial charge in [0.1, 0.15) is 5.54 Å². The number of ether oxygens (including phenoxy) is 1. The third kappa shape index (κ3) is 3.15. The number of aliphatic hydroxyl groups excluding tert-OH is 1. The average molecular weight is 217 g/mol. The van der Waals surface area contributed by atoms with Crippen molar-refractivity contribution in [3.8, 4) is 0 Å². The Kier molecular flexibility index (Phi) is 4.50. The van der Waals surface area contributed by atoms with Crippen LogP contribution in [0.5, 0.6) is 0 Å². The molecule has 1 atom stereocenters. The smallest absolute Gasteiger partial charge is 0.323 e. The van der Waals surface area contributed by atoms with E-state index in [-0.39, 0.29) is 13.2 Å². The third-order valence-electron chi connectivity index (χ3n) is 2.81. The highest BCUT2D eigenvalue weighted by molar-refractivity contribution is 5.79. The monoisotopic (exact) mass is 217 g/mol. The Balaban J connectivity index is 2.25. The summed E-state index contributed by atoms with van der Waals surface area (Å²) in [7, 11) is 0. The lowest BCUT2D eigenvalue weighted by Gasteiger charge is -2.39. The van der Waals surface area contributed by atoms with Gasteiger partial charge in [0.2, 0.25) is 0 Å². The first kappa shape index (κ1) is 12.4. The van der Waals surface area contributed by atoms with Gasteiger partial charge in [-0.3, -0.25) is 10.1 Å². The Morgan fingerprint density at radius 3 is 2.67 bits per heavy atom. The standard InChI is InChI=1S/C10H19NO4/c1-2-15-7-8(12)6-11-10(9(13)14)4-3-5-10/h8,11-12H,2-7H2,1H3,(H,13,14). The van der Waals surface area contributed by atoms with Gasteiger partial charge in [0.15, 0.2) is 0 Å². The van der Waals surface area contributed by atoms with E-state index in [1.165, 1.54) is 0 Å². The van der Waals surface area contributed by atoms with E-state index in [2.05, 4.69) is 5.32 Å². The highest BCUT2D eigenvalue weighted by Crippen LogP contribution is 2.31. The van der Waals surface area contributed by atoms with E-state index in [1.54, 1.807) is 0 Å². The lowest BCUT2D eigenvalue weighted by atomic mass is 9.77. The number of hydrogen-bond donors (Lipinski definition) is 3. The maximum atomic E-state index is 11.0. The SMILES string of the molecule is CCOCC(O)CNC1(C(=O)O)CCC1. The fourth-order valence-electron chi connectivity index (χ4n) is 1.62. The molecule has 1 fully saturated rings. The molecule has 0 aliphatic heterocycles. The number of aliphatic carboxylic acids is 1. The Labute approximate surface area is 89.4 Å². The van der Waals surface area contributed by atoms with Crippen LogP contribution >= 0.6 is 0 Å². The first-order chi connectivity index (χ1) is 7.10. The highest BCUT2D eigenvalue weighted by Gasteiger charge is 2.44. The Morgan fingerprint density at radius 1 is 1.60 bits per heavy atom. The summed E-state index contributed by atoms with van der Waals surface area (Å²) in [5.74, 6) is -0.822. The summed E-state index contributed by atoms with van der Waals surface area (Å²) in [6.07, 6.45) is 1.58. The van der Waals surface area contributed by atoms with E-state index in [1.807, 2.05) is 6.92 Å². The molecule has 1 unspecified atom stereocenters. The fourth-order valence-corrected chi connectivity index (χ4v) is 1.62. The Morgan fingerprint density at radius 2 is 2.27 bits per heavy atom. The molecule has 1 aliphatic carbocycles. The molecule has 15 heavy (non-hydrogen) atoms. The lowest BCUT2D eigenvalue weighted by Crippen LogP contribution is -2.59. The van der Waals surface area contributed by atoms with Crippen LogP contribution in [0.1, 0.15) is 26.2 Å². The molecule has 1 saturated carbocycles. The van der Waals surface area contributed by atoms with Crippen LogP contribution in [-0.4, -0.2) is 47.6 Å². The number of carboxylic acid groups (broad SMARTS) is 1. The summed E-state index contributed by atoms with van der Waals surface area (Å²) in [5.41, 5.74) is -0.798. The first-order valence-corrected chi connectivity index (χ1v) is 5.35. The Bertz CT molecular complexity index is 215. The van der Waals surface area contributed by atoms with Crippen LogP contribution in [0.15, 0.2) is 0 Å². The van der Waals surface area contributed by atoms with Gasteiger partial charge in [-0.2, -0.15) is 0 Å². The van der Waals surface area contributed by atoms with Crippen LogP contribution < -0.4 is 5.32 Å². The summed E-state index contributed by atoms with van der Waals surface area (Å²) in [4.78, 5) is 11.0. The maximum absolute atomic E-state index is 11.0. The summed E-state index contributed by atoms with van der Waals surface area (Å²) in [6, 6.07) is 0. The fraction of sp³-hybridized carbons (Fsp3) is 0.900. The maximum Gasteiger partial charge on any atom is 0.323 e. The minimum Gasteiger partial charge on any atom is -0.480 e. The molecule has 0 radical (unpaired) electrons. The summed E-state index contributed by atoms with van der Waals surface area (Å²) < 4.78 is 5.04. The van der Waals surface area contributed by atoms with Crippen molar-refractivity contribution in [1.82, 2.24) is 5.32 Å². The second kappa shape index (κ2) is 5.44. The zero-order valence-corrected chi connectivity index (χ0v) is 9.03. The van der Waals surface area contributed by atoms with Crippen molar-refractivity contribution >= 4 is 5.97 Å². The van der Waals surface area contributed by atoms with Crippen molar-refractivity contribution in [3.63, 3.8) is 0 Å². The predicted octanol–water partition coefficient (Wildman–Crippen LogP) is -0.0193. The van der Waals surface area contributed by atoms with Crippen LogP contribution in [-0.2, 0) is 9.53 Å². The highest BCUT2D eigenvalue weighted by atomic mass is 16.5. The molecule has 0 heterocycles. The molecule has 0 amide bonds. The van der Waals surface area contributed by atoms with E-state index in [9.17, 15) is 9.90 Å². The van der Waals surface area contributed by atoms with Gasteiger partial charge in [-0.05, 0) is 26.2 Å². The molecule has 0 saturated heterocycles. The van der Waals surface area contributed by atoms with Crippen molar-refractivity contribution in [2.45, 2.75) is 37.8 Å². The van der Waals surface area contributed by atoms with Crippen molar-refractivity contribution in [1.29, 1.82) is 0 Å². The van der Waals surface area contributed by atoms with Crippen molar-refractivity contribution in [2.75, 3.05) is 19.8 Å². The predicted molar refractivity (Wildman–Crippen MR) is 54.7 cm³/mol. The van der Waals surface area contributed by atoms with Gasteiger partial charge >= 0.3 is 5.97 Å². The van der Waals surface area contributed by atoms with Crippen LogP contribution in [0.25, 0.3) is 0 Å². The zero-order valence-electron chi connectivity index (χ0n) is 9.03. The van der Waals surface area contributed by atoms with Gasteiger partial charge in [0.05, 0.1) is 12.7 Å². The lowest BCUT2D eigenvalue weighted by molar-refractivity contribution is -0.149. The van der Waals surface area contributed by atoms with Crippen LogP contribution in [0.2, 0.25) is 0 Å². The molecule has 5 nitrogen and oxygen atoms in total. The van der Waals surface area contributed by atoms with Gasteiger partial charge in [-0.15, -0.1) is 0 Å². The largest absolute Gasteiger partial charge is 0.480 e. The summed E-state index contributed by atoms with van der Waals surface area (Å²) in [6.45, 7) is 2.93. The second-order valence-electron chi connectivity index (χ2n) is 3.94. The Hall–Kier alpha value is -0.650. The molecule has 3 N–H and O–H groups in total. The molecule has 1 aliphatic rings. The summed E-state index contributed by atoms with van der Waals surface area (Å²) >= 11 is 0. The minimum absolute atomic E-state index is 0.249. The van der Waals surface area contributed by atoms with Crippen LogP contribution in [0, 0.1) is 0 Å². The normalized spacial score (nSPS) is 20.7. The number of carboxylic acids is 1. The average Bonchev–Trinajstić information content (AvgIpc) is 2.12. The zero-order chi connectivity index (χ0) is 11.3. The van der Waals surface area contributed by atoms with E-state index < -0.39 is 17.6 Å². The number of carbonyl (C=O) groups is 1. The number of aliphatic hydroxyl groups is 1. The molecule has 0 bridgehead atoms. The van der Waals surface area contributed by atoms with Gasteiger partial charge in [0, 0.05) is 13.2 Å².